The van der Waals surface area contributed by atoms with Crippen LogP contribution >= 0.6 is 11.6 Å². The average Bonchev–Trinajstić information content (AvgIpc) is 3.17. The highest BCUT2D eigenvalue weighted by atomic mass is 35.5. The van der Waals surface area contributed by atoms with Crippen LogP contribution in [0, 0.1) is 0 Å². The van der Waals surface area contributed by atoms with Crippen molar-refractivity contribution in [1.82, 2.24) is 20.0 Å². The number of hydrazine groups is 1. The van der Waals surface area contributed by atoms with Crippen LogP contribution in [0.1, 0.15) is 62.9 Å². The Labute approximate surface area is 201 Å². The third-order valence-corrected chi connectivity index (χ3v) is 6.62. The number of aromatic nitrogens is 2. The molecule has 174 valence electrons. The van der Waals surface area contributed by atoms with Gasteiger partial charge < -0.3 is 0 Å². The number of carbonyl (C=O) groups is 1. The first kappa shape index (κ1) is 23.5. The van der Waals surface area contributed by atoms with Crippen LogP contribution in [0.25, 0.3) is 17.1 Å². The van der Waals surface area contributed by atoms with Crippen molar-refractivity contribution in [2.75, 3.05) is 13.1 Å². The Morgan fingerprint density at radius 2 is 1.76 bits per heavy atom. The first-order chi connectivity index (χ1) is 16.0. The van der Waals surface area contributed by atoms with Crippen LogP contribution in [0.5, 0.6) is 0 Å². The normalized spacial score (nSPS) is 14.6. The van der Waals surface area contributed by atoms with Gasteiger partial charge in [-0.1, -0.05) is 63.1 Å². The van der Waals surface area contributed by atoms with Crippen molar-refractivity contribution in [2.24, 2.45) is 0 Å². The molecule has 3 aromatic rings. The minimum atomic E-state index is -0.0166. The molecule has 2 heterocycles. The van der Waals surface area contributed by atoms with Crippen molar-refractivity contribution in [1.29, 1.82) is 0 Å². The fourth-order valence-corrected chi connectivity index (χ4v) is 4.71. The Hall–Kier alpha value is -2.63. The first-order valence-corrected chi connectivity index (χ1v) is 12.4. The molecule has 0 aliphatic carbocycles. The van der Waals surface area contributed by atoms with Gasteiger partial charge in [-0.2, -0.15) is 0 Å². The smallest absolute Gasteiger partial charge is 0.240 e. The zero-order valence-electron chi connectivity index (χ0n) is 19.8. The highest BCUT2D eigenvalue weighted by molar-refractivity contribution is 6.33. The number of amides is 1. The second-order valence-electron chi connectivity index (χ2n) is 9.00. The summed E-state index contributed by atoms with van der Waals surface area (Å²) >= 11 is 6.59. The minimum Gasteiger partial charge on any atom is -0.296 e. The molecule has 2 aromatic carbocycles. The summed E-state index contributed by atoms with van der Waals surface area (Å²) in [6.45, 7) is 8.32. The number of halogens is 1. The Morgan fingerprint density at radius 3 is 2.39 bits per heavy atom. The molecule has 5 nitrogen and oxygen atoms in total. The van der Waals surface area contributed by atoms with Gasteiger partial charge in [0.15, 0.2) is 0 Å². The van der Waals surface area contributed by atoms with Gasteiger partial charge in [0.05, 0.1) is 17.1 Å². The van der Waals surface area contributed by atoms with Crippen molar-refractivity contribution >= 4 is 17.5 Å². The van der Waals surface area contributed by atoms with Gasteiger partial charge in [0.1, 0.15) is 5.82 Å². The predicted molar refractivity (Wildman–Crippen MR) is 135 cm³/mol. The van der Waals surface area contributed by atoms with E-state index < -0.39 is 0 Å². The monoisotopic (exact) mass is 464 g/mol. The number of hydrogen-bond donors (Lipinski definition) is 1. The Balaban J connectivity index is 1.74. The standard InChI is InChI=1S/C27H33ClN4O/c1-4-25-24(18-26(33)30-31-16-8-5-9-17-31)29-27(22-10-6-7-11-23(22)28)32(25)21-14-12-20(13-15-21)19(2)3/h6-7,10-15,19H,4-5,8-9,16-18H2,1-3H3,(H,30,33). The summed E-state index contributed by atoms with van der Waals surface area (Å²) in [6, 6.07) is 16.4. The van der Waals surface area contributed by atoms with Crippen LogP contribution in [0.3, 0.4) is 0 Å². The van der Waals surface area contributed by atoms with Gasteiger partial charge in [-0.15, -0.1) is 0 Å². The Bertz CT molecular complexity index is 1100. The average molecular weight is 465 g/mol. The molecule has 4 rings (SSSR count). The van der Waals surface area contributed by atoms with E-state index in [0.29, 0.717) is 10.9 Å². The fraction of sp³-hybridized carbons (Fsp3) is 0.407. The molecule has 33 heavy (non-hydrogen) atoms. The number of nitrogens with one attached hydrogen (secondary N) is 1. The molecule has 0 unspecified atom stereocenters. The van der Waals surface area contributed by atoms with Crippen LogP contribution in [-0.2, 0) is 17.6 Å². The van der Waals surface area contributed by atoms with Crippen LogP contribution in [0.4, 0.5) is 0 Å². The van der Waals surface area contributed by atoms with Crippen molar-refractivity contribution in [3.05, 3.63) is 70.5 Å². The van der Waals surface area contributed by atoms with E-state index in [1.807, 2.05) is 29.3 Å². The number of piperidine rings is 1. The zero-order chi connectivity index (χ0) is 23.4. The molecule has 1 saturated heterocycles. The fourth-order valence-electron chi connectivity index (χ4n) is 4.49. The van der Waals surface area contributed by atoms with Gasteiger partial charge >= 0.3 is 0 Å². The van der Waals surface area contributed by atoms with E-state index in [1.165, 1.54) is 12.0 Å². The number of carbonyl (C=O) groups excluding carboxylic acids is 1. The summed E-state index contributed by atoms with van der Waals surface area (Å²) in [4.78, 5) is 17.9. The summed E-state index contributed by atoms with van der Waals surface area (Å²) in [6.07, 6.45) is 4.48. The Kier molecular flexibility index (Phi) is 7.51. The number of nitrogens with zero attached hydrogens (tertiary/aromatic N) is 3. The molecular weight excluding hydrogens is 432 g/mol. The molecule has 1 fully saturated rings. The van der Waals surface area contributed by atoms with Crippen molar-refractivity contribution in [2.45, 2.75) is 58.8 Å². The molecule has 0 saturated carbocycles. The predicted octanol–water partition coefficient (Wildman–Crippen LogP) is 5.94. The third-order valence-electron chi connectivity index (χ3n) is 6.29. The van der Waals surface area contributed by atoms with Crippen LogP contribution in [0.15, 0.2) is 48.5 Å². The molecule has 0 bridgehead atoms. The SMILES string of the molecule is CCc1c(CC(=O)NN2CCCCC2)nc(-c2ccccc2Cl)n1-c1ccc(C(C)C)cc1. The molecule has 0 atom stereocenters. The summed E-state index contributed by atoms with van der Waals surface area (Å²) in [5.74, 6) is 1.22. The van der Waals surface area contributed by atoms with Gasteiger partial charge in [0.2, 0.25) is 5.91 Å². The Morgan fingerprint density at radius 1 is 1.06 bits per heavy atom. The van der Waals surface area contributed by atoms with Crippen molar-refractivity contribution in [3.63, 3.8) is 0 Å². The second-order valence-corrected chi connectivity index (χ2v) is 9.41. The summed E-state index contributed by atoms with van der Waals surface area (Å²) in [5, 5.41) is 2.68. The van der Waals surface area contributed by atoms with Gasteiger partial charge in [-0.3, -0.25) is 14.8 Å². The molecule has 1 N–H and O–H groups in total. The van der Waals surface area contributed by atoms with Crippen LogP contribution < -0.4 is 5.43 Å². The molecule has 1 amide bonds. The molecule has 0 radical (unpaired) electrons. The lowest BCUT2D eigenvalue weighted by molar-refractivity contribution is -0.125. The third kappa shape index (κ3) is 5.31. The van der Waals surface area contributed by atoms with Crippen LogP contribution in [0.2, 0.25) is 5.02 Å². The first-order valence-electron chi connectivity index (χ1n) is 12.0. The van der Waals surface area contributed by atoms with Gasteiger partial charge in [-0.25, -0.2) is 9.99 Å². The zero-order valence-corrected chi connectivity index (χ0v) is 20.5. The molecular formula is C27H33ClN4O. The lowest BCUT2D eigenvalue weighted by atomic mass is 10.0. The van der Waals surface area contributed by atoms with Gasteiger partial charge in [-0.05, 0) is 55.0 Å². The highest BCUT2D eigenvalue weighted by Crippen LogP contribution is 2.32. The summed E-state index contributed by atoms with van der Waals surface area (Å²) in [7, 11) is 0. The number of benzene rings is 2. The molecule has 1 aliphatic heterocycles. The van der Waals surface area contributed by atoms with Gasteiger partial charge in [0.25, 0.3) is 0 Å². The van der Waals surface area contributed by atoms with Gasteiger partial charge in [0, 0.05) is 30.0 Å². The maximum absolute atomic E-state index is 12.9. The maximum atomic E-state index is 12.9. The van der Waals surface area contributed by atoms with E-state index in [0.717, 1.165) is 60.8 Å². The lowest BCUT2D eigenvalue weighted by Crippen LogP contribution is -2.45. The van der Waals surface area contributed by atoms with E-state index in [1.54, 1.807) is 0 Å². The molecule has 6 heteroatoms. The van der Waals surface area contributed by atoms with E-state index in [2.05, 4.69) is 55.0 Å². The number of imidazole rings is 1. The second kappa shape index (κ2) is 10.5. The minimum absolute atomic E-state index is 0.0166. The molecule has 0 spiro atoms. The summed E-state index contributed by atoms with van der Waals surface area (Å²) < 4.78 is 2.16. The maximum Gasteiger partial charge on any atom is 0.240 e. The number of rotatable bonds is 7. The number of hydrogen-bond acceptors (Lipinski definition) is 3. The summed E-state index contributed by atoms with van der Waals surface area (Å²) in [5.41, 5.74) is 8.10. The van der Waals surface area contributed by atoms with E-state index >= 15 is 0 Å². The van der Waals surface area contributed by atoms with Crippen LogP contribution in [-0.4, -0.2) is 33.6 Å². The molecule has 1 aliphatic rings. The largest absolute Gasteiger partial charge is 0.296 e. The van der Waals surface area contributed by atoms with E-state index in [4.69, 9.17) is 16.6 Å². The van der Waals surface area contributed by atoms with E-state index in [-0.39, 0.29) is 12.3 Å². The highest BCUT2D eigenvalue weighted by Gasteiger charge is 2.23. The van der Waals surface area contributed by atoms with Crippen molar-refractivity contribution in [3.8, 4) is 17.1 Å². The molecule has 1 aromatic heterocycles. The quantitative estimate of drug-likeness (QED) is 0.470. The van der Waals surface area contributed by atoms with E-state index in [9.17, 15) is 4.79 Å². The lowest BCUT2D eigenvalue weighted by Gasteiger charge is -2.26. The topological polar surface area (TPSA) is 50.2 Å². The van der Waals surface area contributed by atoms with Crippen molar-refractivity contribution < 1.29 is 4.79 Å².